The highest BCUT2D eigenvalue weighted by atomic mass is 32.2. The van der Waals surface area contributed by atoms with Gasteiger partial charge in [0.2, 0.25) is 0 Å². The number of benzene rings is 2. The lowest BCUT2D eigenvalue weighted by molar-refractivity contribution is 0.546. The van der Waals surface area contributed by atoms with Crippen LogP contribution in [0.2, 0.25) is 0 Å². The summed E-state index contributed by atoms with van der Waals surface area (Å²) in [5.74, 6) is -0.715. The predicted octanol–water partition coefficient (Wildman–Crippen LogP) is 3.36. The number of rotatable bonds is 2. The Bertz CT molecular complexity index is 773. The molecule has 110 valence electrons. The Labute approximate surface area is 124 Å². The Balaban J connectivity index is 2.17. The van der Waals surface area contributed by atoms with Crippen LogP contribution in [-0.2, 0) is 16.4 Å². The van der Waals surface area contributed by atoms with E-state index in [1.807, 2.05) is 19.1 Å². The largest absolute Gasteiger partial charge is 0.267 e. The van der Waals surface area contributed by atoms with Crippen molar-refractivity contribution in [1.29, 1.82) is 0 Å². The summed E-state index contributed by atoms with van der Waals surface area (Å²) in [7, 11) is -3.90. The quantitative estimate of drug-likeness (QED) is 0.853. The lowest BCUT2D eigenvalue weighted by Crippen LogP contribution is -2.42. The summed E-state index contributed by atoms with van der Waals surface area (Å²) in [5.41, 5.74) is 1.63. The van der Waals surface area contributed by atoms with Crippen molar-refractivity contribution in [3.8, 4) is 0 Å². The van der Waals surface area contributed by atoms with Gasteiger partial charge in [0.15, 0.2) is 0 Å². The normalized spacial score (nSPS) is 18.4. The number of anilines is 1. The number of sulfonamides is 1. The van der Waals surface area contributed by atoms with Crippen LogP contribution in [-0.4, -0.2) is 14.5 Å². The van der Waals surface area contributed by atoms with Crippen LogP contribution < -0.4 is 4.31 Å². The van der Waals surface area contributed by atoms with Crippen molar-refractivity contribution in [2.45, 2.75) is 30.7 Å². The van der Waals surface area contributed by atoms with E-state index in [1.165, 1.54) is 28.6 Å². The summed E-state index contributed by atoms with van der Waals surface area (Å²) in [4.78, 5) is -0.270. The molecule has 2 aromatic rings. The van der Waals surface area contributed by atoms with Gasteiger partial charge in [0, 0.05) is 6.04 Å². The van der Waals surface area contributed by atoms with Gasteiger partial charge in [-0.05, 0) is 43.5 Å². The van der Waals surface area contributed by atoms with Gasteiger partial charge in [0.05, 0.1) is 5.69 Å². The van der Waals surface area contributed by atoms with E-state index in [0.717, 1.165) is 18.4 Å². The maximum absolute atomic E-state index is 13.9. The topological polar surface area (TPSA) is 37.4 Å². The molecule has 0 spiro atoms. The van der Waals surface area contributed by atoms with E-state index in [4.69, 9.17) is 0 Å². The summed E-state index contributed by atoms with van der Waals surface area (Å²) in [6, 6.07) is 12.7. The van der Waals surface area contributed by atoms with Crippen molar-refractivity contribution >= 4 is 15.7 Å². The molecular weight excluding hydrogens is 289 g/mol. The molecule has 3 nitrogen and oxygen atoms in total. The molecule has 2 aromatic carbocycles. The third-order valence-corrected chi connectivity index (χ3v) is 5.80. The summed E-state index contributed by atoms with van der Waals surface area (Å²) < 4.78 is 41.0. The van der Waals surface area contributed by atoms with Crippen molar-refractivity contribution < 1.29 is 12.8 Å². The number of para-hydroxylation sites is 1. The van der Waals surface area contributed by atoms with E-state index < -0.39 is 15.8 Å². The second-order valence-electron chi connectivity index (χ2n) is 5.25. The zero-order valence-corrected chi connectivity index (χ0v) is 12.5. The molecule has 21 heavy (non-hydrogen) atoms. The molecule has 3 rings (SSSR count). The maximum Gasteiger partial charge on any atom is 0.267 e. The lowest BCUT2D eigenvalue weighted by atomic mass is 9.99. The van der Waals surface area contributed by atoms with Crippen molar-refractivity contribution in [2.75, 3.05) is 4.31 Å². The van der Waals surface area contributed by atoms with Crippen LogP contribution in [0.15, 0.2) is 53.4 Å². The molecule has 0 amide bonds. The lowest BCUT2D eigenvalue weighted by Gasteiger charge is -2.36. The smallest absolute Gasteiger partial charge is 0.263 e. The Morgan fingerprint density at radius 1 is 1.10 bits per heavy atom. The van der Waals surface area contributed by atoms with E-state index in [1.54, 1.807) is 12.1 Å². The maximum atomic E-state index is 13.9. The van der Waals surface area contributed by atoms with Gasteiger partial charge in [0.25, 0.3) is 10.0 Å². The third-order valence-electron chi connectivity index (χ3n) is 3.83. The number of fused-ring (bicyclic) bond motifs is 1. The Kier molecular flexibility index (Phi) is 3.45. The summed E-state index contributed by atoms with van der Waals surface area (Å²) in [6.45, 7) is 1.86. The highest BCUT2D eigenvalue weighted by molar-refractivity contribution is 7.92. The van der Waals surface area contributed by atoms with Crippen LogP contribution in [0.4, 0.5) is 10.1 Å². The standard InChI is InChI=1S/C16H16FNO2S/c1-12-10-11-13-6-2-4-8-15(13)18(12)21(19,20)16-9-5-3-7-14(16)17/h2-9,12H,10-11H2,1H3/t12-/m1/s1. The molecule has 1 aliphatic rings. The highest BCUT2D eigenvalue weighted by Gasteiger charge is 2.34. The fourth-order valence-corrected chi connectivity index (χ4v) is 4.58. The van der Waals surface area contributed by atoms with E-state index in [-0.39, 0.29) is 10.9 Å². The SMILES string of the molecule is C[C@@H]1CCc2ccccc2N1S(=O)(=O)c1ccccc1F. The average Bonchev–Trinajstić information content (AvgIpc) is 2.47. The Morgan fingerprint density at radius 2 is 1.76 bits per heavy atom. The molecular formula is C16H16FNO2S. The zero-order valence-electron chi connectivity index (χ0n) is 11.7. The average molecular weight is 305 g/mol. The summed E-state index contributed by atoms with van der Waals surface area (Å²) >= 11 is 0. The fourth-order valence-electron chi connectivity index (χ4n) is 2.78. The molecule has 1 atom stereocenters. The number of hydrogen-bond donors (Lipinski definition) is 0. The molecule has 1 heterocycles. The van der Waals surface area contributed by atoms with Gasteiger partial charge in [-0.1, -0.05) is 30.3 Å². The van der Waals surface area contributed by atoms with E-state index >= 15 is 0 Å². The van der Waals surface area contributed by atoms with Crippen molar-refractivity contribution in [3.63, 3.8) is 0 Å². The molecule has 0 aliphatic carbocycles. The monoisotopic (exact) mass is 305 g/mol. The third kappa shape index (κ3) is 2.31. The molecule has 0 radical (unpaired) electrons. The van der Waals surface area contributed by atoms with Gasteiger partial charge in [0.1, 0.15) is 10.7 Å². The number of nitrogens with zero attached hydrogens (tertiary/aromatic N) is 1. The number of aryl methyl sites for hydroxylation is 1. The minimum Gasteiger partial charge on any atom is -0.263 e. The molecule has 5 heteroatoms. The number of hydrogen-bond acceptors (Lipinski definition) is 2. The van der Waals surface area contributed by atoms with Crippen molar-refractivity contribution in [2.24, 2.45) is 0 Å². The zero-order chi connectivity index (χ0) is 15.0. The second-order valence-corrected chi connectivity index (χ2v) is 7.03. The fraction of sp³-hybridized carbons (Fsp3) is 0.250. The van der Waals surface area contributed by atoms with Gasteiger partial charge in [-0.2, -0.15) is 0 Å². The van der Waals surface area contributed by atoms with Crippen LogP contribution in [0, 0.1) is 5.82 Å². The Morgan fingerprint density at radius 3 is 2.52 bits per heavy atom. The molecule has 0 saturated carbocycles. The van der Waals surface area contributed by atoms with Gasteiger partial charge in [-0.15, -0.1) is 0 Å². The first kappa shape index (κ1) is 14.1. The van der Waals surface area contributed by atoms with Gasteiger partial charge in [-0.25, -0.2) is 12.8 Å². The number of halogens is 1. The van der Waals surface area contributed by atoms with Crippen LogP contribution in [0.1, 0.15) is 18.9 Å². The van der Waals surface area contributed by atoms with E-state index in [9.17, 15) is 12.8 Å². The van der Waals surface area contributed by atoms with Crippen LogP contribution in [0.5, 0.6) is 0 Å². The highest BCUT2D eigenvalue weighted by Crippen LogP contribution is 2.35. The Hall–Kier alpha value is -1.88. The van der Waals surface area contributed by atoms with E-state index in [2.05, 4.69) is 0 Å². The van der Waals surface area contributed by atoms with Gasteiger partial charge >= 0.3 is 0 Å². The first-order valence-electron chi connectivity index (χ1n) is 6.88. The molecule has 0 aromatic heterocycles. The minimum atomic E-state index is -3.90. The second kappa shape index (κ2) is 5.15. The molecule has 0 N–H and O–H groups in total. The molecule has 0 unspecified atom stereocenters. The van der Waals surface area contributed by atoms with Crippen LogP contribution in [0.3, 0.4) is 0 Å². The summed E-state index contributed by atoms with van der Waals surface area (Å²) in [6.07, 6.45) is 1.56. The summed E-state index contributed by atoms with van der Waals surface area (Å²) in [5, 5.41) is 0. The first-order chi connectivity index (χ1) is 10.0. The van der Waals surface area contributed by atoms with Crippen molar-refractivity contribution in [3.05, 3.63) is 59.9 Å². The van der Waals surface area contributed by atoms with Gasteiger partial charge < -0.3 is 0 Å². The van der Waals surface area contributed by atoms with Crippen LogP contribution >= 0.6 is 0 Å². The van der Waals surface area contributed by atoms with Gasteiger partial charge in [-0.3, -0.25) is 4.31 Å². The molecule has 1 aliphatic heterocycles. The predicted molar refractivity (Wildman–Crippen MR) is 80.3 cm³/mol. The first-order valence-corrected chi connectivity index (χ1v) is 8.32. The minimum absolute atomic E-state index is 0.190. The molecule has 0 bridgehead atoms. The van der Waals surface area contributed by atoms with E-state index in [0.29, 0.717) is 5.69 Å². The molecule has 0 fully saturated rings. The molecule has 0 saturated heterocycles. The van der Waals surface area contributed by atoms with Crippen LogP contribution in [0.25, 0.3) is 0 Å². The van der Waals surface area contributed by atoms with Crippen molar-refractivity contribution in [1.82, 2.24) is 0 Å².